The zero-order valence-corrected chi connectivity index (χ0v) is 7.96. The largest absolute Gasteiger partial charge is 0.491 e. The van der Waals surface area contributed by atoms with Crippen molar-refractivity contribution in [2.45, 2.75) is 19.8 Å². The zero-order valence-electron chi connectivity index (χ0n) is 7.96. The van der Waals surface area contributed by atoms with Gasteiger partial charge in [-0.1, -0.05) is 13.8 Å². The number of benzene rings is 1. The molecule has 76 valence electrons. The summed E-state index contributed by atoms with van der Waals surface area (Å²) < 4.78 is 26.4. The average Bonchev–Trinajstić information content (AvgIpc) is 2.07. The highest BCUT2D eigenvalue weighted by atomic mass is 19.1. The van der Waals surface area contributed by atoms with Gasteiger partial charge in [0.1, 0.15) is 11.6 Å². The van der Waals surface area contributed by atoms with Crippen molar-refractivity contribution in [3.05, 3.63) is 29.3 Å². The second-order valence-corrected chi connectivity index (χ2v) is 3.38. The van der Waals surface area contributed by atoms with E-state index in [-0.39, 0.29) is 16.9 Å². The van der Waals surface area contributed by atoms with E-state index in [4.69, 9.17) is 10.0 Å². The van der Waals surface area contributed by atoms with E-state index in [1.165, 1.54) is 0 Å². The summed E-state index contributed by atoms with van der Waals surface area (Å²) in [7, 11) is -1.98. The van der Waals surface area contributed by atoms with Gasteiger partial charge in [-0.2, -0.15) is 0 Å². The molecule has 0 amide bonds. The number of rotatable bonds is 2. The van der Waals surface area contributed by atoms with Gasteiger partial charge in [0.2, 0.25) is 0 Å². The maximum absolute atomic E-state index is 13.3. The predicted molar refractivity (Wildman–Crippen MR) is 50.3 cm³/mol. The monoisotopic (exact) mass is 200 g/mol. The van der Waals surface area contributed by atoms with Crippen LogP contribution in [0.2, 0.25) is 0 Å². The second-order valence-electron chi connectivity index (χ2n) is 3.38. The molecular formula is C9H11BF2O2. The zero-order chi connectivity index (χ0) is 10.9. The van der Waals surface area contributed by atoms with E-state index in [1.54, 1.807) is 13.8 Å². The minimum atomic E-state index is -1.98. The van der Waals surface area contributed by atoms with Gasteiger partial charge in [-0.3, -0.25) is 0 Å². The van der Waals surface area contributed by atoms with Gasteiger partial charge in [0.25, 0.3) is 0 Å². The van der Waals surface area contributed by atoms with Crippen LogP contribution in [0.25, 0.3) is 0 Å². The third kappa shape index (κ3) is 1.94. The Morgan fingerprint density at radius 2 is 1.64 bits per heavy atom. The molecule has 0 atom stereocenters. The summed E-state index contributed by atoms with van der Waals surface area (Å²) in [5.74, 6) is -1.72. The maximum atomic E-state index is 13.3. The van der Waals surface area contributed by atoms with Gasteiger partial charge in [-0.05, 0) is 23.6 Å². The van der Waals surface area contributed by atoms with Gasteiger partial charge in [0, 0.05) is 5.46 Å². The van der Waals surface area contributed by atoms with Crippen molar-refractivity contribution in [3.63, 3.8) is 0 Å². The van der Waals surface area contributed by atoms with Crippen molar-refractivity contribution in [3.8, 4) is 0 Å². The molecule has 0 aliphatic carbocycles. The Labute approximate surface area is 81.3 Å². The van der Waals surface area contributed by atoms with Gasteiger partial charge in [-0.25, -0.2) is 8.78 Å². The molecule has 2 nitrogen and oxygen atoms in total. The molecule has 0 aromatic heterocycles. The van der Waals surface area contributed by atoms with Gasteiger partial charge in [0.15, 0.2) is 0 Å². The van der Waals surface area contributed by atoms with Crippen LogP contribution in [0.5, 0.6) is 0 Å². The fourth-order valence-corrected chi connectivity index (χ4v) is 1.43. The average molecular weight is 200 g/mol. The Hall–Kier alpha value is -0.935. The summed E-state index contributed by atoms with van der Waals surface area (Å²) in [6.45, 7) is 3.31. The van der Waals surface area contributed by atoms with Crippen molar-refractivity contribution in [2.24, 2.45) is 0 Å². The van der Waals surface area contributed by atoms with E-state index in [9.17, 15) is 8.78 Å². The topological polar surface area (TPSA) is 40.5 Å². The minimum Gasteiger partial charge on any atom is -0.423 e. The van der Waals surface area contributed by atoms with Crippen molar-refractivity contribution in [2.75, 3.05) is 0 Å². The molecule has 1 aromatic carbocycles. The highest BCUT2D eigenvalue weighted by Crippen LogP contribution is 2.17. The van der Waals surface area contributed by atoms with E-state index < -0.39 is 18.8 Å². The molecule has 0 unspecified atom stereocenters. The highest BCUT2D eigenvalue weighted by molar-refractivity contribution is 6.59. The molecule has 0 fully saturated rings. The molecule has 0 radical (unpaired) electrons. The number of halogens is 2. The van der Waals surface area contributed by atoms with Crippen LogP contribution in [0.15, 0.2) is 12.1 Å². The molecule has 0 saturated carbocycles. The Kier molecular flexibility index (Phi) is 3.23. The normalized spacial score (nSPS) is 10.8. The van der Waals surface area contributed by atoms with Crippen LogP contribution in [-0.4, -0.2) is 17.2 Å². The second kappa shape index (κ2) is 4.06. The molecule has 14 heavy (non-hydrogen) atoms. The minimum absolute atomic E-state index is 0.0139. The third-order valence-corrected chi connectivity index (χ3v) is 2.02. The van der Waals surface area contributed by atoms with Crippen LogP contribution in [0.3, 0.4) is 0 Å². The molecule has 1 rings (SSSR count). The number of hydrogen-bond donors (Lipinski definition) is 2. The quantitative estimate of drug-likeness (QED) is 0.692. The molecule has 0 saturated heterocycles. The molecule has 5 heteroatoms. The van der Waals surface area contributed by atoms with Crippen LogP contribution in [-0.2, 0) is 0 Å². The van der Waals surface area contributed by atoms with Crippen molar-refractivity contribution in [1.29, 1.82) is 0 Å². The van der Waals surface area contributed by atoms with Crippen LogP contribution in [0.4, 0.5) is 8.78 Å². The molecule has 0 aliphatic rings. The first-order chi connectivity index (χ1) is 6.45. The molecule has 0 bridgehead atoms. The summed E-state index contributed by atoms with van der Waals surface area (Å²) in [5.41, 5.74) is -0.361. The van der Waals surface area contributed by atoms with E-state index in [0.29, 0.717) is 0 Å². The third-order valence-electron chi connectivity index (χ3n) is 2.02. The molecule has 0 spiro atoms. The first-order valence-corrected chi connectivity index (χ1v) is 4.29. The Morgan fingerprint density at radius 1 is 1.14 bits per heavy atom. The number of hydrogen-bond acceptors (Lipinski definition) is 2. The SMILES string of the molecule is CC(C)c1c(F)ccc(F)c1B(O)O. The molecule has 0 heterocycles. The van der Waals surface area contributed by atoms with E-state index in [2.05, 4.69) is 0 Å². The standard InChI is InChI=1S/C9H11BF2O2/c1-5(2)8-6(11)3-4-7(12)9(8)10(13)14/h3-5,13-14H,1-2H3. The van der Waals surface area contributed by atoms with E-state index in [0.717, 1.165) is 12.1 Å². The van der Waals surface area contributed by atoms with Crippen molar-refractivity contribution in [1.82, 2.24) is 0 Å². The van der Waals surface area contributed by atoms with Crippen LogP contribution in [0, 0.1) is 11.6 Å². The Balaban J connectivity index is 3.42. The highest BCUT2D eigenvalue weighted by Gasteiger charge is 2.25. The molecular weight excluding hydrogens is 189 g/mol. The van der Waals surface area contributed by atoms with E-state index in [1.807, 2.05) is 0 Å². The summed E-state index contributed by atoms with van der Waals surface area (Å²) in [6.07, 6.45) is 0. The van der Waals surface area contributed by atoms with Gasteiger partial charge < -0.3 is 10.0 Å². The molecule has 1 aromatic rings. The fourth-order valence-electron chi connectivity index (χ4n) is 1.43. The van der Waals surface area contributed by atoms with Gasteiger partial charge in [-0.15, -0.1) is 0 Å². The lowest BCUT2D eigenvalue weighted by Crippen LogP contribution is -2.37. The van der Waals surface area contributed by atoms with Gasteiger partial charge in [0.05, 0.1) is 0 Å². The predicted octanol–water partition coefficient (Wildman–Crippen LogP) is 0.768. The summed E-state index contributed by atoms with van der Waals surface area (Å²) in [4.78, 5) is 0. The van der Waals surface area contributed by atoms with Crippen LogP contribution < -0.4 is 5.46 Å². The van der Waals surface area contributed by atoms with Crippen molar-refractivity contribution >= 4 is 12.6 Å². The van der Waals surface area contributed by atoms with Crippen LogP contribution >= 0.6 is 0 Å². The van der Waals surface area contributed by atoms with Crippen LogP contribution in [0.1, 0.15) is 25.3 Å². The van der Waals surface area contributed by atoms with Gasteiger partial charge >= 0.3 is 7.12 Å². The first-order valence-electron chi connectivity index (χ1n) is 4.29. The van der Waals surface area contributed by atoms with Crippen molar-refractivity contribution < 1.29 is 18.8 Å². The maximum Gasteiger partial charge on any atom is 0.491 e. The lowest BCUT2D eigenvalue weighted by Gasteiger charge is -2.13. The molecule has 2 N–H and O–H groups in total. The summed E-state index contributed by atoms with van der Waals surface area (Å²) >= 11 is 0. The summed E-state index contributed by atoms with van der Waals surface area (Å²) in [6, 6.07) is 1.87. The first kappa shape index (κ1) is 11.1. The lowest BCUT2D eigenvalue weighted by molar-refractivity contribution is 0.421. The summed E-state index contributed by atoms with van der Waals surface area (Å²) in [5, 5.41) is 17.8. The van der Waals surface area contributed by atoms with E-state index >= 15 is 0 Å². The fraction of sp³-hybridized carbons (Fsp3) is 0.333. The molecule has 0 aliphatic heterocycles. The Bertz CT molecular complexity index is 307. The lowest BCUT2D eigenvalue weighted by atomic mass is 9.74. The Morgan fingerprint density at radius 3 is 2.00 bits per heavy atom. The smallest absolute Gasteiger partial charge is 0.423 e.